The molecule has 0 unspecified atom stereocenters. The van der Waals surface area contributed by atoms with Crippen LogP contribution in [-0.4, -0.2) is 49.3 Å². The van der Waals surface area contributed by atoms with Crippen LogP contribution in [-0.2, 0) is 18.3 Å². The number of amides is 1. The third-order valence-electron chi connectivity index (χ3n) is 6.03. The van der Waals surface area contributed by atoms with Gasteiger partial charge in [-0.15, -0.1) is 0 Å². The van der Waals surface area contributed by atoms with Crippen molar-refractivity contribution in [2.45, 2.75) is 38.6 Å². The van der Waals surface area contributed by atoms with E-state index in [9.17, 15) is 14.7 Å². The van der Waals surface area contributed by atoms with E-state index in [-0.39, 0.29) is 17.5 Å². The molecule has 0 saturated carbocycles. The smallest absolute Gasteiger partial charge is 0.339 e. The van der Waals surface area contributed by atoms with Crippen LogP contribution in [0.25, 0.3) is 10.9 Å². The molecule has 1 N–H and O–H groups in total. The minimum absolute atomic E-state index is 0.144. The fraction of sp³-hybridized carbons (Fsp3) is 0.409. The molecule has 2 aromatic heterocycles. The SMILES string of the molecule is Cc1c(C(=O)O)cnn1C1CCN(C(=O)CCc2cn(C)c3ccccc23)CC1. The number of carboxylic acid groups (broad SMARTS) is 1. The number of piperidine rings is 1. The molecular formula is C22H26N4O3. The quantitative estimate of drug-likeness (QED) is 0.721. The summed E-state index contributed by atoms with van der Waals surface area (Å²) in [6.45, 7) is 3.15. The van der Waals surface area contributed by atoms with Crippen LogP contribution in [0.2, 0.25) is 0 Å². The zero-order chi connectivity index (χ0) is 20.5. The van der Waals surface area contributed by atoms with Gasteiger partial charge in [-0.2, -0.15) is 5.10 Å². The van der Waals surface area contributed by atoms with E-state index in [4.69, 9.17) is 0 Å². The highest BCUT2D eigenvalue weighted by atomic mass is 16.4. The molecule has 1 fully saturated rings. The van der Waals surface area contributed by atoms with Gasteiger partial charge in [0, 0.05) is 43.7 Å². The predicted octanol–water partition coefficient (Wildman–Crippen LogP) is 3.18. The highest BCUT2D eigenvalue weighted by Gasteiger charge is 2.26. The maximum atomic E-state index is 12.7. The molecule has 1 aliphatic heterocycles. The summed E-state index contributed by atoms with van der Waals surface area (Å²) in [5, 5.41) is 14.7. The lowest BCUT2D eigenvalue weighted by molar-refractivity contribution is -0.132. The molecular weight excluding hydrogens is 368 g/mol. The topological polar surface area (TPSA) is 80.4 Å². The highest BCUT2D eigenvalue weighted by Crippen LogP contribution is 2.26. The van der Waals surface area contributed by atoms with Gasteiger partial charge in [-0.1, -0.05) is 18.2 Å². The van der Waals surface area contributed by atoms with Crippen molar-refractivity contribution >= 4 is 22.8 Å². The fourth-order valence-corrected chi connectivity index (χ4v) is 4.39. The Morgan fingerprint density at radius 2 is 1.93 bits per heavy atom. The van der Waals surface area contributed by atoms with Crippen LogP contribution in [0.4, 0.5) is 0 Å². The van der Waals surface area contributed by atoms with E-state index in [2.05, 4.69) is 28.0 Å². The van der Waals surface area contributed by atoms with Gasteiger partial charge in [-0.3, -0.25) is 9.48 Å². The number of nitrogens with zero attached hydrogens (tertiary/aromatic N) is 4. The number of aryl methyl sites for hydroxylation is 2. The Labute approximate surface area is 169 Å². The number of likely N-dealkylation sites (tertiary alicyclic amines) is 1. The monoisotopic (exact) mass is 394 g/mol. The molecule has 152 valence electrons. The lowest BCUT2D eigenvalue weighted by atomic mass is 10.0. The average Bonchev–Trinajstić information content (AvgIpc) is 3.27. The second-order valence-electron chi connectivity index (χ2n) is 7.79. The first-order chi connectivity index (χ1) is 14.0. The van der Waals surface area contributed by atoms with E-state index in [1.54, 1.807) is 11.6 Å². The molecule has 29 heavy (non-hydrogen) atoms. The van der Waals surface area contributed by atoms with Crippen molar-refractivity contribution in [3.8, 4) is 0 Å². The minimum Gasteiger partial charge on any atom is -0.478 e. The Kier molecular flexibility index (Phi) is 5.13. The number of aromatic carboxylic acids is 1. The molecule has 0 radical (unpaired) electrons. The van der Waals surface area contributed by atoms with E-state index in [1.165, 1.54) is 22.7 Å². The van der Waals surface area contributed by atoms with E-state index >= 15 is 0 Å². The maximum absolute atomic E-state index is 12.7. The van der Waals surface area contributed by atoms with E-state index in [0.717, 1.165) is 19.3 Å². The number of hydrogen-bond acceptors (Lipinski definition) is 3. The second-order valence-corrected chi connectivity index (χ2v) is 7.79. The van der Waals surface area contributed by atoms with E-state index in [1.807, 2.05) is 24.1 Å². The third-order valence-corrected chi connectivity index (χ3v) is 6.03. The van der Waals surface area contributed by atoms with Crippen molar-refractivity contribution in [3.05, 3.63) is 53.5 Å². The summed E-state index contributed by atoms with van der Waals surface area (Å²) in [5.41, 5.74) is 3.32. The lowest BCUT2D eigenvalue weighted by Crippen LogP contribution is -2.39. The van der Waals surface area contributed by atoms with Crippen LogP contribution < -0.4 is 0 Å². The van der Waals surface area contributed by atoms with Crippen LogP contribution in [0, 0.1) is 6.92 Å². The Hall–Kier alpha value is -3.09. The van der Waals surface area contributed by atoms with E-state index < -0.39 is 5.97 Å². The summed E-state index contributed by atoms with van der Waals surface area (Å²) in [4.78, 5) is 25.9. The van der Waals surface area contributed by atoms with E-state index in [0.29, 0.717) is 25.2 Å². The number of carbonyl (C=O) groups excluding carboxylic acids is 1. The van der Waals surface area contributed by atoms with Crippen molar-refractivity contribution in [3.63, 3.8) is 0 Å². The largest absolute Gasteiger partial charge is 0.478 e. The molecule has 1 saturated heterocycles. The Balaban J connectivity index is 1.35. The van der Waals surface area contributed by atoms with Gasteiger partial charge in [-0.05, 0) is 37.8 Å². The molecule has 0 aliphatic carbocycles. The van der Waals surface area contributed by atoms with Gasteiger partial charge < -0.3 is 14.6 Å². The first-order valence-electron chi connectivity index (χ1n) is 10.0. The van der Waals surface area contributed by atoms with Crippen molar-refractivity contribution < 1.29 is 14.7 Å². The summed E-state index contributed by atoms with van der Waals surface area (Å²) in [6.07, 6.45) is 6.36. The minimum atomic E-state index is -0.949. The first kappa shape index (κ1) is 19.2. The summed E-state index contributed by atoms with van der Waals surface area (Å²) >= 11 is 0. The summed E-state index contributed by atoms with van der Waals surface area (Å²) in [6, 6.07) is 8.41. The van der Waals surface area contributed by atoms with Crippen molar-refractivity contribution in [1.82, 2.24) is 19.2 Å². The molecule has 1 aliphatic rings. The molecule has 7 nitrogen and oxygen atoms in total. The number of hydrogen-bond donors (Lipinski definition) is 1. The van der Waals surface area contributed by atoms with Gasteiger partial charge in [0.2, 0.25) is 5.91 Å². The van der Waals surface area contributed by atoms with Crippen molar-refractivity contribution in [2.24, 2.45) is 7.05 Å². The molecule has 4 rings (SSSR count). The summed E-state index contributed by atoms with van der Waals surface area (Å²) in [7, 11) is 2.03. The van der Waals surface area contributed by atoms with Gasteiger partial charge in [0.1, 0.15) is 5.56 Å². The Bertz CT molecular complexity index is 1060. The number of aromatic nitrogens is 3. The molecule has 3 heterocycles. The van der Waals surface area contributed by atoms with Crippen molar-refractivity contribution in [1.29, 1.82) is 0 Å². The number of carboxylic acids is 1. The van der Waals surface area contributed by atoms with Crippen LogP contribution in [0.15, 0.2) is 36.7 Å². The molecule has 0 atom stereocenters. The number of para-hydroxylation sites is 1. The lowest BCUT2D eigenvalue weighted by Gasteiger charge is -2.32. The Morgan fingerprint density at radius 3 is 2.62 bits per heavy atom. The van der Waals surface area contributed by atoms with Gasteiger partial charge in [0.25, 0.3) is 0 Å². The van der Waals surface area contributed by atoms with Crippen molar-refractivity contribution in [2.75, 3.05) is 13.1 Å². The standard InChI is InChI=1S/C22H26N4O3/c1-15-19(22(28)29)13-23-26(15)17-9-11-25(12-10-17)21(27)8-7-16-14-24(2)20-6-4-3-5-18(16)20/h3-6,13-14,17H,7-12H2,1-2H3,(H,28,29). The summed E-state index contributed by atoms with van der Waals surface area (Å²) in [5.74, 6) is -0.769. The molecule has 0 bridgehead atoms. The summed E-state index contributed by atoms with van der Waals surface area (Å²) < 4.78 is 3.92. The predicted molar refractivity (Wildman–Crippen MR) is 110 cm³/mol. The molecule has 7 heteroatoms. The van der Waals surface area contributed by atoms with Gasteiger partial charge in [-0.25, -0.2) is 4.79 Å². The third kappa shape index (κ3) is 3.64. The van der Waals surface area contributed by atoms with Gasteiger partial charge in [0.05, 0.1) is 17.9 Å². The maximum Gasteiger partial charge on any atom is 0.339 e. The molecule has 1 amide bonds. The average molecular weight is 394 g/mol. The fourth-order valence-electron chi connectivity index (χ4n) is 4.39. The van der Waals surface area contributed by atoms with Gasteiger partial charge >= 0.3 is 5.97 Å². The zero-order valence-electron chi connectivity index (χ0n) is 16.8. The first-order valence-corrected chi connectivity index (χ1v) is 10.0. The van der Waals surface area contributed by atoms with Crippen LogP contribution in [0.3, 0.4) is 0 Å². The second kappa shape index (κ2) is 7.73. The number of fused-ring (bicyclic) bond motifs is 1. The number of rotatable bonds is 5. The van der Waals surface area contributed by atoms with Gasteiger partial charge in [0.15, 0.2) is 0 Å². The number of carbonyl (C=O) groups is 2. The van der Waals surface area contributed by atoms with Crippen LogP contribution in [0.5, 0.6) is 0 Å². The van der Waals surface area contributed by atoms with Crippen LogP contribution in [0.1, 0.15) is 46.9 Å². The highest BCUT2D eigenvalue weighted by molar-refractivity contribution is 5.88. The Morgan fingerprint density at radius 1 is 1.21 bits per heavy atom. The molecule has 1 aromatic carbocycles. The zero-order valence-corrected chi connectivity index (χ0v) is 16.8. The van der Waals surface area contributed by atoms with Crippen LogP contribution >= 0.6 is 0 Å². The normalized spacial score (nSPS) is 15.2. The molecule has 0 spiro atoms. The number of benzene rings is 1. The molecule has 3 aromatic rings.